The fourth-order valence-electron chi connectivity index (χ4n) is 3.42. The Morgan fingerprint density at radius 2 is 2.04 bits per heavy atom. The Morgan fingerprint density at radius 1 is 1.24 bits per heavy atom. The Morgan fingerprint density at radius 3 is 2.76 bits per heavy atom. The molecule has 2 aromatic rings. The summed E-state index contributed by atoms with van der Waals surface area (Å²) in [7, 11) is 1.66. The molecule has 0 spiro atoms. The average Bonchev–Trinajstić information content (AvgIpc) is 3.18. The first-order chi connectivity index (χ1) is 12.2. The third-order valence-corrected chi connectivity index (χ3v) is 5.20. The lowest BCUT2D eigenvalue weighted by Gasteiger charge is -2.16. The van der Waals surface area contributed by atoms with Crippen LogP contribution >= 0.6 is 0 Å². The zero-order valence-electron chi connectivity index (χ0n) is 14.6. The van der Waals surface area contributed by atoms with E-state index in [1.54, 1.807) is 7.11 Å². The van der Waals surface area contributed by atoms with Crippen LogP contribution in [0.1, 0.15) is 48.9 Å². The number of nitrogens with zero attached hydrogens (tertiary/aromatic N) is 4. The Bertz CT molecular complexity index is 736. The first-order valence-electron chi connectivity index (χ1n) is 9.05. The van der Waals surface area contributed by atoms with Gasteiger partial charge in [0.2, 0.25) is 5.91 Å². The summed E-state index contributed by atoms with van der Waals surface area (Å²) >= 11 is 0. The summed E-state index contributed by atoms with van der Waals surface area (Å²) in [4.78, 5) is 14.5. The van der Waals surface area contributed by atoms with Gasteiger partial charge in [0.15, 0.2) is 0 Å². The van der Waals surface area contributed by atoms with Crippen LogP contribution in [-0.2, 0) is 11.2 Å². The van der Waals surface area contributed by atoms with E-state index in [0.29, 0.717) is 12.3 Å². The van der Waals surface area contributed by atoms with Crippen molar-refractivity contribution in [1.29, 1.82) is 0 Å². The predicted molar refractivity (Wildman–Crippen MR) is 93.5 cm³/mol. The van der Waals surface area contributed by atoms with Crippen molar-refractivity contribution in [2.75, 3.05) is 20.2 Å². The summed E-state index contributed by atoms with van der Waals surface area (Å²) in [5.41, 5.74) is 2.28. The lowest BCUT2D eigenvalue weighted by Crippen LogP contribution is -2.29. The highest BCUT2D eigenvalue weighted by Crippen LogP contribution is 2.39. The standard InChI is InChI=1S/C19H24N4O2/c1-25-17-7-2-14(3-8-17)4-9-19(24)22-11-10-16(12-22)23-13-18(20-21-23)15-5-6-15/h2-3,7-8,13,15-16H,4-6,9-12H2,1H3/t16-/m1/s1. The van der Waals surface area contributed by atoms with Crippen molar-refractivity contribution in [3.05, 3.63) is 41.7 Å². The van der Waals surface area contributed by atoms with Crippen molar-refractivity contribution in [3.8, 4) is 5.75 Å². The van der Waals surface area contributed by atoms with Gasteiger partial charge < -0.3 is 9.64 Å². The highest BCUT2D eigenvalue weighted by Gasteiger charge is 2.30. The molecule has 1 saturated carbocycles. The lowest BCUT2D eigenvalue weighted by atomic mass is 10.1. The highest BCUT2D eigenvalue weighted by molar-refractivity contribution is 5.76. The molecule has 4 rings (SSSR count). The normalized spacial score (nSPS) is 20.0. The van der Waals surface area contributed by atoms with Gasteiger partial charge in [-0.25, -0.2) is 4.68 Å². The number of rotatable bonds is 6. The molecule has 1 amide bonds. The number of methoxy groups -OCH3 is 1. The number of aryl methyl sites for hydroxylation is 1. The number of benzene rings is 1. The summed E-state index contributed by atoms with van der Waals surface area (Å²) < 4.78 is 7.12. The van der Waals surface area contributed by atoms with E-state index in [1.165, 1.54) is 12.8 Å². The second-order valence-electron chi connectivity index (χ2n) is 7.03. The van der Waals surface area contributed by atoms with Crippen LogP contribution in [-0.4, -0.2) is 46.0 Å². The van der Waals surface area contributed by atoms with E-state index in [2.05, 4.69) is 16.5 Å². The Hall–Kier alpha value is -2.37. The van der Waals surface area contributed by atoms with Gasteiger partial charge in [-0.15, -0.1) is 5.10 Å². The molecule has 1 aliphatic heterocycles. The first kappa shape index (κ1) is 16.1. The van der Waals surface area contributed by atoms with Gasteiger partial charge in [0.25, 0.3) is 0 Å². The van der Waals surface area contributed by atoms with Crippen LogP contribution in [0, 0.1) is 0 Å². The van der Waals surface area contributed by atoms with Crippen molar-refractivity contribution >= 4 is 5.91 Å². The van der Waals surface area contributed by atoms with Gasteiger partial charge in [-0.2, -0.15) is 0 Å². The first-order valence-corrected chi connectivity index (χ1v) is 9.05. The molecular weight excluding hydrogens is 316 g/mol. The number of likely N-dealkylation sites (tertiary alicyclic amines) is 1. The quantitative estimate of drug-likeness (QED) is 0.811. The van der Waals surface area contributed by atoms with Crippen LogP contribution in [0.4, 0.5) is 0 Å². The molecule has 1 aromatic heterocycles. The molecule has 1 aliphatic carbocycles. The molecule has 1 saturated heterocycles. The summed E-state index contributed by atoms with van der Waals surface area (Å²) in [6.45, 7) is 1.56. The predicted octanol–water partition coefficient (Wildman–Crippen LogP) is 2.57. The van der Waals surface area contributed by atoms with E-state index in [0.717, 1.165) is 42.9 Å². The Balaban J connectivity index is 1.28. The van der Waals surface area contributed by atoms with Gasteiger partial charge >= 0.3 is 0 Å². The summed E-state index contributed by atoms with van der Waals surface area (Å²) in [6.07, 6.45) is 6.82. The molecule has 25 heavy (non-hydrogen) atoms. The molecule has 132 valence electrons. The molecule has 2 aliphatic rings. The molecule has 1 aromatic carbocycles. The number of carbonyl (C=O) groups is 1. The average molecular weight is 340 g/mol. The largest absolute Gasteiger partial charge is 0.497 e. The van der Waals surface area contributed by atoms with E-state index in [1.807, 2.05) is 33.8 Å². The van der Waals surface area contributed by atoms with E-state index >= 15 is 0 Å². The van der Waals surface area contributed by atoms with Crippen molar-refractivity contribution in [2.24, 2.45) is 0 Å². The molecule has 1 atom stereocenters. The summed E-state index contributed by atoms with van der Waals surface area (Å²) in [5, 5.41) is 8.56. The van der Waals surface area contributed by atoms with Crippen LogP contribution in [0.25, 0.3) is 0 Å². The molecule has 0 N–H and O–H groups in total. The third-order valence-electron chi connectivity index (χ3n) is 5.20. The van der Waals surface area contributed by atoms with Crippen molar-refractivity contribution < 1.29 is 9.53 Å². The Kier molecular flexibility index (Phi) is 4.42. The minimum absolute atomic E-state index is 0.223. The summed E-state index contributed by atoms with van der Waals surface area (Å²) in [6, 6.07) is 8.19. The molecule has 2 fully saturated rings. The summed E-state index contributed by atoms with van der Waals surface area (Å²) in [5.74, 6) is 1.69. The minimum atomic E-state index is 0.223. The smallest absolute Gasteiger partial charge is 0.222 e. The lowest BCUT2D eigenvalue weighted by molar-refractivity contribution is -0.130. The van der Waals surface area contributed by atoms with Crippen molar-refractivity contribution in [2.45, 2.75) is 44.1 Å². The molecule has 2 heterocycles. The fourth-order valence-corrected chi connectivity index (χ4v) is 3.42. The van der Waals surface area contributed by atoms with Gasteiger partial charge in [0, 0.05) is 31.6 Å². The molecule has 6 heteroatoms. The second kappa shape index (κ2) is 6.86. The van der Waals surface area contributed by atoms with Gasteiger partial charge in [-0.3, -0.25) is 4.79 Å². The second-order valence-corrected chi connectivity index (χ2v) is 7.03. The molecule has 0 bridgehead atoms. The van der Waals surface area contributed by atoms with E-state index in [9.17, 15) is 4.79 Å². The maximum absolute atomic E-state index is 12.5. The van der Waals surface area contributed by atoms with Crippen LogP contribution in [0.5, 0.6) is 5.75 Å². The van der Waals surface area contributed by atoms with Crippen LogP contribution < -0.4 is 4.74 Å². The van der Waals surface area contributed by atoms with Gasteiger partial charge in [-0.05, 0) is 43.4 Å². The number of hydrogen-bond donors (Lipinski definition) is 0. The van der Waals surface area contributed by atoms with Gasteiger partial charge in [0.1, 0.15) is 5.75 Å². The fraction of sp³-hybridized carbons (Fsp3) is 0.526. The van der Waals surface area contributed by atoms with Crippen molar-refractivity contribution in [3.63, 3.8) is 0 Å². The third kappa shape index (κ3) is 3.67. The number of amides is 1. The molecule has 0 radical (unpaired) electrons. The van der Waals surface area contributed by atoms with Crippen LogP contribution in [0.15, 0.2) is 30.5 Å². The van der Waals surface area contributed by atoms with Crippen molar-refractivity contribution in [1.82, 2.24) is 19.9 Å². The topological polar surface area (TPSA) is 60.2 Å². The monoisotopic (exact) mass is 340 g/mol. The van der Waals surface area contributed by atoms with Crippen LogP contribution in [0.2, 0.25) is 0 Å². The number of hydrogen-bond acceptors (Lipinski definition) is 4. The maximum atomic E-state index is 12.5. The maximum Gasteiger partial charge on any atom is 0.222 e. The van der Waals surface area contributed by atoms with E-state index < -0.39 is 0 Å². The molecular formula is C19H24N4O2. The molecule has 6 nitrogen and oxygen atoms in total. The Labute approximate surface area is 147 Å². The van der Waals surface area contributed by atoms with Gasteiger partial charge in [0.05, 0.1) is 18.8 Å². The number of aromatic nitrogens is 3. The highest BCUT2D eigenvalue weighted by atomic mass is 16.5. The SMILES string of the molecule is COc1ccc(CCC(=O)N2CC[C@@H](n3cc(C4CC4)nn3)C2)cc1. The zero-order chi connectivity index (χ0) is 17.2. The van der Waals surface area contributed by atoms with Crippen LogP contribution in [0.3, 0.4) is 0 Å². The minimum Gasteiger partial charge on any atom is -0.497 e. The zero-order valence-corrected chi connectivity index (χ0v) is 14.6. The number of ether oxygens (including phenoxy) is 1. The van der Waals surface area contributed by atoms with Gasteiger partial charge in [-0.1, -0.05) is 17.3 Å². The number of carbonyl (C=O) groups excluding carboxylic acids is 1. The molecule has 0 unspecified atom stereocenters. The van der Waals surface area contributed by atoms with E-state index in [-0.39, 0.29) is 11.9 Å². The van der Waals surface area contributed by atoms with E-state index in [4.69, 9.17) is 4.74 Å².